The molecule has 2 nitrogen and oxygen atoms in total. The Balaban J connectivity index is 2.87. The molecule has 1 aromatic heterocycles. The molecule has 0 bridgehead atoms. The van der Waals surface area contributed by atoms with Crippen molar-refractivity contribution < 1.29 is 13.2 Å². The van der Waals surface area contributed by atoms with Crippen molar-refractivity contribution in [2.45, 2.75) is 19.6 Å². The zero-order valence-electron chi connectivity index (χ0n) is 9.17. The van der Waals surface area contributed by atoms with Crippen LogP contribution in [0.5, 0.6) is 0 Å². The molecule has 0 aliphatic rings. The number of alkyl halides is 3. The summed E-state index contributed by atoms with van der Waals surface area (Å²) in [6.45, 7) is 1.80. The molecule has 5 heteroatoms. The van der Waals surface area contributed by atoms with Gasteiger partial charge in [-0.3, -0.25) is 4.98 Å². The fraction of sp³-hybridized carbons (Fsp3) is 0.250. The number of benzene rings is 1. The third-order valence-corrected chi connectivity index (χ3v) is 2.57. The first-order chi connectivity index (χ1) is 7.93. The van der Waals surface area contributed by atoms with Gasteiger partial charge in [0.05, 0.1) is 11.1 Å². The standard InChI is InChI=1S/C12H11F3N2/c1-7-5-8(6-16)11-9(12(13,14)15)3-2-4-10(11)17-7/h2-5H,6,16H2,1H3. The Morgan fingerprint density at radius 2 is 2.00 bits per heavy atom. The van der Waals surface area contributed by atoms with Crippen LogP contribution >= 0.6 is 0 Å². The summed E-state index contributed by atoms with van der Waals surface area (Å²) in [5.41, 5.74) is 6.29. The van der Waals surface area contributed by atoms with E-state index in [1.54, 1.807) is 19.1 Å². The van der Waals surface area contributed by atoms with E-state index >= 15 is 0 Å². The maximum atomic E-state index is 12.9. The van der Waals surface area contributed by atoms with Crippen LogP contribution in [0.15, 0.2) is 24.3 Å². The molecule has 2 N–H and O–H groups in total. The van der Waals surface area contributed by atoms with E-state index in [9.17, 15) is 13.2 Å². The summed E-state index contributed by atoms with van der Waals surface area (Å²) >= 11 is 0. The van der Waals surface area contributed by atoms with E-state index < -0.39 is 11.7 Å². The van der Waals surface area contributed by atoms with Crippen molar-refractivity contribution in [3.05, 3.63) is 41.1 Å². The minimum atomic E-state index is -4.39. The van der Waals surface area contributed by atoms with Crippen LogP contribution in [0, 0.1) is 6.92 Å². The van der Waals surface area contributed by atoms with Crippen molar-refractivity contribution in [3.63, 3.8) is 0 Å². The van der Waals surface area contributed by atoms with Crippen LogP contribution in [0.25, 0.3) is 10.9 Å². The second kappa shape index (κ2) is 4.00. The van der Waals surface area contributed by atoms with Crippen LogP contribution in [0.3, 0.4) is 0 Å². The fourth-order valence-electron chi connectivity index (χ4n) is 1.91. The topological polar surface area (TPSA) is 38.9 Å². The molecular formula is C12H11F3N2. The number of hydrogen-bond donors (Lipinski definition) is 1. The number of fused-ring (bicyclic) bond motifs is 1. The Labute approximate surface area is 96.3 Å². The lowest BCUT2D eigenvalue weighted by molar-refractivity contribution is -0.136. The first-order valence-electron chi connectivity index (χ1n) is 5.10. The number of aromatic nitrogens is 1. The molecule has 0 amide bonds. The minimum Gasteiger partial charge on any atom is -0.326 e. The molecule has 0 atom stereocenters. The number of aryl methyl sites for hydroxylation is 1. The maximum Gasteiger partial charge on any atom is 0.417 e. The van der Waals surface area contributed by atoms with Crippen molar-refractivity contribution in [2.24, 2.45) is 5.73 Å². The SMILES string of the molecule is Cc1cc(CN)c2c(C(F)(F)F)cccc2n1. The molecule has 2 aromatic rings. The highest BCUT2D eigenvalue weighted by atomic mass is 19.4. The summed E-state index contributed by atoms with van der Waals surface area (Å²) in [5, 5.41) is 0.105. The Kier molecular flexibility index (Phi) is 2.79. The molecule has 0 aliphatic carbocycles. The predicted molar refractivity (Wildman–Crippen MR) is 59.4 cm³/mol. The van der Waals surface area contributed by atoms with Crippen molar-refractivity contribution in [1.29, 1.82) is 0 Å². The second-order valence-electron chi connectivity index (χ2n) is 3.82. The van der Waals surface area contributed by atoms with Gasteiger partial charge in [0, 0.05) is 17.6 Å². The predicted octanol–water partition coefficient (Wildman–Crippen LogP) is 3.02. The Morgan fingerprint density at radius 3 is 2.59 bits per heavy atom. The van der Waals surface area contributed by atoms with Gasteiger partial charge in [0.1, 0.15) is 0 Å². The highest BCUT2D eigenvalue weighted by molar-refractivity contribution is 5.86. The Bertz CT molecular complexity index is 561. The molecule has 0 fully saturated rings. The van der Waals surface area contributed by atoms with Gasteiger partial charge in [-0.05, 0) is 30.7 Å². The molecule has 2 rings (SSSR count). The largest absolute Gasteiger partial charge is 0.417 e. The van der Waals surface area contributed by atoms with Crippen LogP contribution in [0.1, 0.15) is 16.8 Å². The highest BCUT2D eigenvalue weighted by Gasteiger charge is 2.33. The number of nitrogens with two attached hydrogens (primary N) is 1. The maximum absolute atomic E-state index is 12.9. The van der Waals surface area contributed by atoms with Crippen LogP contribution < -0.4 is 5.73 Å². The first kappa shape index (κ1) is 11.9. The van der Waals surface area contributed by atoms with Crippen LogP contribution in [-0.4, -0.2) is 4.98 Å². The quantitative estimate of drug-likeness (QED) is 0.832. The van der Waals surface area contributed by atoms with Crippen LogP contribution in [0.4, 0.5) is 13.2 Å². The molecule has 0 saturated heterocycles. The number of rotatable bonds is 1. The van der Waals surface area contributed by atoms with Gasteiger partial charge in [-0.25, -0.2) is 0 Å². The monoisotopic (exact) mass is 240 g/mol. The minimum absolute atomic E-state index is 0.0625. The Hall–Kier alpha value is -1.62. The summed E-state index contributed by atoms with van der Waals surface area (Å²) in [5.74, 6) is 0. The summed E-state index contributed by atoms with van der Waals surface area (Å²) < 4.78 is 38.6. The smallest absolute Gasteiger partial charge is 0.326 e. The van der Waals surface area contributed by atoms with Crippen molar-refractivity contribution >= 4 is 10.9 Å². The molecule has 17 heavy (non-hydrogen) atoms. The zero-order chi connectivity index (χ0) is 12.6. The van der Waals surface area contributed by atoms with Crippen molar-refractivity contribution in [1.82, 2.24) is 4.98 Å². The molecule has 0 radical (unpaired) electrons. The molecular weight excluding hydrogens is 229 g/mol. The number of halogens is 3. The van der Waals surface area contributed by atoms with Crippen molar-refractivity contribution in [3.8, 4) is 0 Å². The number of nitrogens with zero attached hydrogens (tertiary/aromatic N) is 1. The van der Waals surface area contributed by atoms with E-state index in [1.807, 2.05) is 0 Å². The van der Waals surface area contributed by atoms with Crippen molar-refractivity contribution in [2.75, 3.05) is 0 Å². The summed E-state index contributed by atoms with van der Waals surface area (Å²) in [6, 6.07) is 5.57. The van der Waals surface area contributed by atoms with Gasteiger partial charge < -0.3 is 5.73 Å². The highest BCUT2D eigenvalue weighted by Crippen LogP contribution is 2.35. The van der Waals surface area contributed by atoms with Gasteiger partial charge in [-0.2, -0.15) is 13.2 Å². The lowest BCUT2D eigenvalue weighted by Crippen LogP contribution is -2.09. The van der Waals surface area contributed by atoms with E-state index in [0.29, 0.717) is 16.8 Å². The van der Waals surface area contributed by atoms with E-state index in [1.165, 1.54) is 6.07 Å². The summed E-state index contributed by atoms with van der Waals surface area (Å²) in [6.07, 6.45) is -4.39. The normalized spacial score (nSPS) is 12.1. The average molecular weight is 240 g/mol. The average Bonchev–Trinajstić information content (AvgIpc) is 2.25. The van der Waals surface area contributed by atoms with Gasteiger partial charge in [-0.15, -0.1) is 0 Å². The molecule has 1 heterocycles. The van der Waals surface area contributed by atoms with Gasteiger partial charge in [0.25, 0.3) is 0 Å². The third-order valence-electron chi connectivity index (χ3n) is 2.57. The fourth-order valence-corrected chi connectivity index (χ4v) is 1.91. The third kappa shape index (κ3) is 2.10. The first-order valence-corrected chi connectivity index (χ1v) is 5.10. The summed E-state index contributed by atoms with van der Waals surface area (Å²) in [7, 11) is 0. The molecule has 0 aliphatic heterocycles. The molecule has 1 aromatic carbocycles. The van der Waals surface area contributed by atoms with Crippen LogP contribution in [-0.2, 0) is 12.7 Å². The van der Waals surface area contributed by atoms with Crippen LogP contribution in [0.2, 0.25) is 0 Å². The van der Waals surface area contributed by atoms with E-state index in [4.69, 9.17) is 5.73 Å². The molecule has 0 saturated carbocycles. The summed E-state index contributed by atoms with van der Waals surface area (Å²) in [4.78, 5) is 4.10. The molecule has 0 unspecified atom stereocenters. The number of pyridine rings is 1. The van der Waals surface area contributed by atoms with Gasteiger partial charge >= 0.3 is 6.18 Å². The van der Waals surface area contributed by atoms with Gasteiger partial charge in [0.15, 0.2) is 0 Å². The van der Waals surface area contributed by atoms with Gasteiger partial charge in [-0.1, -0.05) is 6.07 Å². The molecule has 0 spiro atoms. The van der Waals surface area contributed by atoms with E-state index in [0.717, 1.165) is 6.07 Å². The van der Waals surface area contributed by atoms with E-state index in [-0.39, 0.29) is 11.9 Å². The second-order valence-corrected chi connectivity index (χ2v) is 3.82. The van der Waals surface area contributed by atoms with Gasteiger partial charge in [0.2, 0.25) is 0 Å². The lowest BCUT2D eigenvalue weighted by atomic mass is 10.0. The lowest BCUT2D eigenvalue weighted by Gasteiger charge is -2.13. The molecule has 90 valence electrons. The Morgan fingerprint density at radius 1 is 1.29 bits per heavy atom. The van der Waals surface area contributed by atoms with E-state index in [2.05, 4.69) is 4.98 Å². The zero-order valence-corrected chi connectivity index (χ0v) is 9.17. The number of hydrogen-bond acceptors (Lipinski definition) is 2.